The molecule has 0 bridgehead atoms. The predicted octanol–water partition coefficient (Wildman–Crippen LogP) is 17.4. The SMILES string of the molecule is c1ccc(-c2ccc(-n3c4ccccc4c4ccc(N(c5ccc6c(c5)-c5ccccc5C65c6ccccc6-c6ccccc65)c5ccc6c7ccccc7n(-c7ccccc7)c6c5)cc43)cc2)cc1. The van der Waals surface area contributed by atoms with Crippen molar-refractivity contribution in [1.29, 1.82) is 0 Å². The van der Waals surface area contributed by atoms with Gasteiger partial charge in [-0.05, 0) is 128 Å². The minimum absolute atomic E-state index is 0.423. The summed E-state index contributed by atoms with van der Waals surface area (Å²) in [6.45, 7) is 0. The van der Waals surface area contributed by atoms with E-state index in [1.807, 2.05) is 0 Å². The van der Waals surface area contributed by atoms with E-state index in [4.69, 9.17) is 0 Å². The van der Waals surface area contributed by atoms with Crippen molar-refractivity contribution < 1.29 is 0 Å². The van der Waals surface area contributed by atoms with Crippen molar-refractivity contribution in [2.45, 2.75) is 5.41 Å². The fraction of sp³-hybridized carbons (Fsp3) is 0.0149. The lowest BCUT2D eigenvalue weighted by atomic mass is 9.70. The highest BCUT2D eigenvalue weighted by molar-refractivity contribution is 6.12. The minimum Gasteiger partial charge on any atom is -0.310 e. The van der Waals surface area contributed by atoms with E-state index >= 15 is 0 Å². The molecule has 0 amide bonds. The number of rotatable bonds is 6. The van der Waals surface area contributed by atoms with E-state index in [9.17, 15) is 0 Å². The third-order valence-electron chi connectivity index (χ3n) is 15.3. The van der Waals surface area contributed by atoms with Crippen LogP contribution in [0.4, 0.5) is 17.1 Å². The van der Waals surface area contributed by atoms with Gasteiger partial charge in [0.2, 0.25) is 0 Å². The fourth-order valence-corrected chi connectivity index (χ4v) is 12.4. The van der Waals surface area contributed by atoms with Crippen LogP contribution in [0, 0.1) is 0 Å². The standard InChI is InChI=1S/C67H43N3/c1-3-17-44(18-4-1)45-31-33-47(34-32-45)70-64-30-16-11-25-55(64)57-39-36-50(43-66(57)70)68(49-35-38-56-54-24-10-15-29-63(54)69(65(56)42-49)46-19-5-2-6-20-46)48-37-40-62-58(41-48)53-23-9-14-28-61(53)67(62)59-26-12-7-21-51(59)52-22-8-13-27-60(52)67/h1-43H. The van der Waals surface area contributed by atoms with Crippen molar-refractivity contribution in [3.05, 3.63) is 283 Å². The van der Waals surface area contributed by atoms with Crippen molar-refractivity contribution in [3.8, 4) is 44.8 Å². The minimum atomic E-state index is -0.423. The first-order valence-electron chi connectivity index (χ1n) is 24.3. The van der Waals surface area contributed by atoms with Crippen LogP contribution in [0.1, 0.15) is 22.3 Å². The third-order valence-corrected chi connectivity index (χ3v) is 15.3. The highest BCUT2D eigenvalue weighted by Crippen LogP contribution is 2.63. The summed E-state index contributed by atoms with van der Waals surface area (Å²) in [5.74, 6) is 0. The molecule has 1 spiro atoms. The lowest BCUT2D eigenvalue weighted by Crippen LogP contribution is -2.25. The van der Waals surface area contributed by atoms with Crippen LogP contribution >= 0.6 is 0 Å². The highest BCUT2D eigenvalue weighted by Gasteiger charge is 2.51. The van der Waals surface area contributed by atoms with Gasteiger partial charge in [-0.3, -0.25) is 0 Å². The summed E-state index contributed by atoms with van der Waals surface area (Å²) in [6.07, 6.45) is 0. The zero-order chi connectivity index (χ0) is 45.9. The number of para-hydroxylation sites is 3. The summed E-state index contributed by atoms with van der Waals surface area (Å²) in [5, 5.41) is 4.91. The molecular formula is C67H43N3. The maximum atomic E-state index is 2.48. The molecule has 70 heavy (non-hydrogen) atoms. The Hall–Kier alpha value is -9.18. The van der Waals surface area contributed by atoms with Crippen molar-refractivity contribution >= 4 is 60.7 Å². The van der Waals surface area contributed by atoms with E-state index in [1.54, 1.807) is 0 Å². The second kappa shape index (κ2) is 14.9. The van der Waals surface area contributed by atoms with Crippen molar-refractivity contribution in [2.24, 2.45) is 0 Å². The Morgan fingerprint density at radius 1 is 0.257 bits per heavy atom. The normalized spacial score (nSPS) is 13.0. The van der Waals surface area contributed by atoms with Gasteiger partial charge in [0, 0.05) is 50.0 Å². The zero-order valence-corrected chi connectivity index (χ0v) is 38.2. The molecule has 2 heterocycles. The Morgan fingerprint density at radius 3 is 1.20 bits per heavy atom. The number of hydrogen-bond donors (Lipinski definition) is 0. The molecule has 2 aromatic heterocycles. The summed E-state index contributed by atoms with van der Waals surface area (Å²) < 4.78 is 4.86. The number of nitrogens with zero attached hydrogens (tertiary/aromatic N) is 3. The van der Waals surface area contributed by atoms with Crippen molar-refractivity contribution in [3.63, 3.8) is 0 Å². The van der Waals surface area contributed by atoms with Crippen LogP contribution in [-0.2, 0) is 5.41 Å². The first kappa shape index (κ1) is 38.9. The molecule has 0 N–H and O–H groups in total. The van der Waals surface area contributed by atoms with Gasteiger partial charge in [-0.25, -0.2) is 0 Å². The monoisotopic (exact) mass is 889 g/mol. The number of aromatic nitrogens is 2. The molecule has 11 aromatic carbocycles. The molecule has 0 fully saturated rings. The smallest absolute Gasteiger partial charge is 0.0725 e. The van der Waals surface area contributed by atoms with Gasteiger partial charge in [-0.15, -0.1) is 0 Å². The molecule has 2 aliphatic rings. The number of benzene rings is 11. The van der Waals surface area contributed by atoms with E-state index in [0.29, 0.717) is 0 Å². The molecule has 15 rings (SSSR count). The van der Waals surface area contributed by atoms with Crippen LogP contribution in [-0.4, -0.2) is 9.13 Å². The Bertz CT molecular complexity index is 4190. The van der Waals surface area contributed by atoms with Crippen LogP contribution < -0.4 is 4.90 Å². The molecule has 13 aromatic rings. The van der Waals surface area contributed by atoms with Crippen molar-refractivity contribution in [1.82, 2.24) is 9.13 Å². The van der Waals surface area contributed by atoms with Gasteiger partial charge in [0.25, 0.3) is 0 Å². The Morgan fingerprint density at radius 2 is 0.643 bits per heavy atom. The lowest BCUT2D eigenvalue weighted by molar-refractivity contribution is 0.794. The molecule has 0 radical (unpaired) electrons. The average Bonchev–Trinajstić information content (AvgIpc) is 4.13. The zero-order valence-electron chi connectivity index (χ0n) is 38.2. The number of fused-ring (bicyclic) bond motifs is 16. The molecule has 0 saturated carbocycles. The van der Waals surface area contributed by atoms with Crippen LogP contribution in [0.25, 0.3) is 88.4 Å². The highest BCUT2D eigenvalue weighted by atomic mass is 15.1. The molecule has 0 atom stereocenters. The molecule has 0 saturated heterocycles. The topological polar surface area (TPSA) is 13.1 Å². The second-order valence-corrected chi connectivity index (χ2v) is 18.8. The molecule has 0 aliphatic heterocycles. The maximum absolute atomic E-state index is 2.48. The van der Waals surface area contributed by atoms with E-state index in [-0.39, 0.29) is 0 Å². The molecular weight excluding hydrogens is 847 g/mol. The van der Waals surface area contributed by atoms with Gasteiger partial charge >= 0.3 is 0 Å². The molecule has 326 valence electrons. The van der Waals surface area contributed by atoms with E-state index < -0.39 is 5.41 Å². The average molecular weight is 890 g/mol. The largest absolute Gasteiger partial charge is 0.310 e. The summed E-state index contributed by atoms with van der Waals surface area (Å²) in [7, 11) is 0. The Labute approximate surface area is 406 Å². The van der Waals surface area contributed by atoms with E-state index in [1.165, 1.54) is 88.2 Å². The van der Waals surface area contributed by atoms with Gasteiger partial charge < -0.3 is 14.0 Å². The van der Waals surface area contributed by atoms with Crippen LogP contribution in [0.15, 0.2) is 261 Å². The number of hydrogen-bond acceptors (Lipinski definition) is 1. The first-order chi connectivity index (χ1) is 34.7. The molecule has 3 nitrogen and oxygen atoms in total. The molecule has 2 aliphatic carbocycles. The first-order valence-corrected chi connectivity index (χ1v) is 24.3. The van der Waals surface area contributed by atoms with Gasteiger partial charge in [-0.1, -0.05) is 188 Å². The second-order valence-electron chi connectivity index (χ2n) is 18.8. The van der Waals surface area contributed by atoms with E-state index in [0.717, 1.165) is 39.5 Å². The third kappa shape index (κ3) is 5.40. The van der Waals surface area contributed by atoms with Crippen LogP contribution in [0.5, 0.6) is 0 Å². The van der Waals surface area contributed by atoms with Gasteiger partial charge in [-0.2, -0.15) is 0 Å². The summed E-state index contributed by atoms with van der Waals surface area (Å²) in [4.78, 5) is 2.48. The number of anilines is 3. The maximum Gasteiger partial charge on any atom is 0.0725 e. The Kier molecular flexibility index (Phi) is 8.28. The van der Waals surface area contributed by atoms with Crippen molar-refractivity contribution in [2.75, 3.05) is 4.90 Å². The lowest BCUT2D eigenvalue weighted by Gasteiger charge is -2.31. The Balaban J connectivity index is 0.987. The van der Waals surface area contributed by atoms with Crippen LogP contribution in [0.3, 0.4) is 0 Å². The quantitative estimate of drug-likeness (QED) is 0.162. The van der Waals surface area contributed by atoms with Gasteiger partial charge in [0.05, 0.1) is 27.5 Å². The van der Waals surface area contributed by atoms with Gasteiger partial charge in [0.15, 0.2) is 0 Å². The van der Waals surface area contributed by atoms with Crippen LogP contribution in [0.2, 0.25) is 0 Å². The van der Waals surface area contributed by atoms with E-state index in [2.05, 4.69) is 275 Å². The summed E-state index contributed by atoms with van der Waals surface area (Å²) in [6, 6.07) is 96.6. The molecule has 3 heteroatoms. The molecule has 0 unspecified atom stereocenters. The predicted molar refractivity (Wildman–Crippen MR) is 292 cm³/mol. The summed E-state index contributed by atoms with van der Waals surface area (Å²) in [5.41, 5.74) is 22.7. The summed E-state index contributed by atoms with van der Waals surface area (Å²) >= 11 is 0. The fourth-order valence-electron chi connectivity index (χ4n) is 12.4. The van der Waals surface area contributed by atoms with Gasteiger partial charge in [0.1, 0.15) is 0 Å².